The molecule has 0 radical (unpaired) electrons. The van der Waals surface area contributed by atoms with Crippen molar-refractivity contribution >= 4 is 6.09 Å². The molecule has 4 heteroatoms. The Bertz CT molecular complexity index is 207. The Labute approximate surface area is 105 Å². The lowest BCUT2D eigenvalue weighted by atomic mass is 10.1. The van der Waals surface area contributed by atoms with E-state index >= 15 is 0 Å². The van der Waals surface area contributed by atoms with Gasteiger partial charge in [-0.05, 0) is 26.2 Å². The molecule has 1 unspecified atom stereocenters. The first-order valence-electron chi connectivity index (χ1n) is 6.63. The van der Waals surface area contributed by atoms with Crippen LogP contribution in [0.25, 0.3) is 0 Å². The van der Waals surface area contributed by atoms with E-state index in [0.717, 1.165) is 12.8 Å². The number of hydrogen-bond acceptors (Lipinski definition) is 3. The van der Waals surface area contributed by atoms with Gasteiger partial charge in [-0.2, -0.15) is 0 Å². The fourth-order valence-electron chi connectivity index (χ4n) is 1.67. The molecule has 0 N–H and O–H groups in total. The minimum atomic E-state index is -0.270. The average molecular weight is 245 g/mol. The number of amides is 1. The number of carbonyl (C=O) groups excluding carboxylic acids is 1. The molecule has 0 aliphatic heterocycles. The molecule has 0 aliphatic rings. The molecule has 0 saturated heterocycles. The Morgan fingerprint density at radius 3 is 2.24 bits per heavy atom. The lowest BCUT2D eigenvalue weighted by Crippen LogP contribution is -2.45. The molecule has 0 spiro atoms. The summed E-state index contributed by atoms with van der Waals surface area (Å²) in [6, 6.07) is 0. The van der Waals surface area contributed by atoms with Gasteiger partial charge in [0.25, 0.3) is 0 Å². The highest BCUT2D eigenvalue weighted by Gasteiger charge is 2.27. The molecule has 17 heavy (non-hydrogen) atoms. The topological polar surface area (TPSA) is 38.8 Å². The van der Waals surface area contributed by atoms with E-state index in [2.05, 4.69) is 20.8 Å². The molecule has 1 amide bonds. The fourth-order valence-corrected chi connectivity index (χ4v) is 1.67. The molecule has 0 aromatic heterocycles. The highest BCUT2D eigenvalue weighted by molar-refractivity contribution is 5.67. The van der Waals surface area contributed by atoms with Gasteiger partial charge in [-0.25, -0.2) is 4.79 Å². The van der Waals surface area contributed by atoms with E-state index in [4.69, 9.17) is 9.47 Å². The molecule has 0 fully saturated rings. The number of unbranched alkanes of at least 4 members (excludes halogenated alkanes) is 1. The zero-order chi connectivity index (χ0) is 13.3. The third-order valence-electron chi connectivity index (χ3n) is 2.47. The summed E-state index contributed by atoms with van der Waals surface area (Å²) in [4.78, 5) is 13.6. The van der Waals surface area contributed by atoms with Crippen LogP contribution in [0.3, 0.4) is 0 Å². The van der Waals surface area contributed by atoms with Crippen molar-refractivity contribution in [1.82, 2.24) is 4.90 Å². The number of carbonyl (C=O) groups is 1. The standard InChI is InChI=1S/C13H27NO3/c1-6-9-10-14(13(15)17-8-3)12(11(4)5)16-7-2/h11-12H,6-10H2,1-5H3. The van der Waals surface area contributed by atoms with E-state index in [9.17, 15) is 4.79 Å². The molecule has 0 saturated carbocycles. The molecular weight excluding hydrogens is 218 g/mol. The van der Waals surface area contributed by atoms with Crippen LogP contribution in [0.4, 0.5) is 4.79 Å². The number of hydrogen-bond donors (Lipinski definition) is 0. The predicted molar refractivity (Wildman–Crippen MR) is 68.9 cm³/mol. The molecule has 0 heterocycles. The smallest absolute Gasteiger partial charge is 0.411 e. The van der Waals surface area contributed by atoms with Crippen LogP contribution in [0.5, 0.6) is 0 Å². The second-order valence-corrected chi connectivity index (χ2v) is 4.34. The van der Waals surface area contributed by atoms with Crippen molar-refractivity contribution in [3.63, 3.8) is 0 Å². The second-order valence-electron chi connectivity index (χ2n) is 4.34. The molecular formula is C13H27NO3. The molecule has 0 bridgehead atoms. The van der Waals surface area contributed by atoms with Crippen LogP contribution in [0.1, 0.15) is 47.5 Å². The fraction of sp³-hybridized carbons (Fsp3) is 0.923. The quantitative estimate of drug-likeness (QED) is 0.616. The van der Waals surface area contributed by atoms with Gasteiger partial charge in [0.05, 0.1) is 6.61 Å². The van der Waals surface area contributed by atoms with Crippen molar-refractivity contribution in [2.45, 2.75) is 53.7 Å². The van der Waals surface area contributed by atoms with Gasteiger partial charge in [0.2, 0.25) is 0 Å². The summed E-state index contributed by atoms with van der Waals surface area (Å²) in [6.45, 7) is 11.7. The van der Waals surface area contributed by atoms with Crippen molar-refractivity contribution < 1.29 is 14.3 Å². The van der Waals surface area contributed by atoms with Gasteiger partial charge < -0.3 is 9.47 Å². The summed E-state index contributed by atoms with van der Waals surface area (Å²) in [5.74, 6) is 0.260. The normalized spacial score (nSPS) is 12.6. The number of rotatable bonds is 8. The van der Waals surface area contributed by atoms with Crippen LogP contribution in [0.15, 0.2) is 0 Å². The maximum Gasteiger partial charge on any atom is 0.411 e. The summed E-state index contributed by atoms with van der Waals surface area (Å²) in [5.41, 5.74) is 0. The van der Waals surface area contributed by atoms with Gasteiger partial charge in [0.15, 0.2) is 0 Å². The van der Waals surface area contributed by atoms with E-state index in [0.29, 0.717) is 19.8 Å². The van der Waals surface area contributed by atoms with Gasteiger partial charge in [0.1, 0.15) is 6.23 Å². The monoisotopic (exact) mass is 245 g/mol. The third-order valence-corrected chi connectivity index (χ3v) is 2.47. The summed E-state index contributed by atoms with van der Waals surface area (Å²) in [5, 5.41) is 0. The van der Waals surface area contributed by atoms with Crippen molar-refractivity contribution in [2.75, 3.05) is 19.8 Å². The SMILES string of the molecule is CCCCN(C(=O)OCC)C(OCC)C(C)C. The molecule has 0 aromatic carbocycles. The number of ether oxygens (including phenoxy) is 2. The average Bonchev–Trinajstić information content (AvgIpc) is 2.28. The summed E-state index contributed by atoms with van der Waals surface area (Å²) in [6.07, 6.45) is 1.56. The Morgan fingerprint density at radius 2 is 1.82 bits per heavy atom. The minimum absolute atomic E-state index is 0.189. The van der Waals surface area contributed by atoms with E-state index in [-0.39, 0.29) is 18.2 Å². The summed E-state index contributed by atoms with van der Waals surface area (Å²) in [7, 11) is 0. The minimum Gasteiger partial charge on any atom is -0.450 e. The van der Waals surface area contributed by atoms with E-state index in [1.807, 2.05) is 13.8 Å². The Balaban J connectivity index is 4.64. The van der Waals surface area contributed by atoms with Crippen molar-refractivity contribution in [1.29, 1.82) is 0 Å². The number of nitrogens with zero attached hydrogens (tertiary/aromatic N) is 1. The summed E-state index contributed by atoms with van der Waals surface area (Å²) >= 11 is 0. The van der Waals surface area contributed by atoms with Gasteiger partial charge in [-0.3, -0.25) is 4.90 Å². The maximum atomic E-state index is 11.9. The molecule has 4 nitrogen and oxygen atoms in total. The van der Waals surface area contributed by atoms with Crippen LogP contribution in [-0.4, -0.2) is 37.0 Å². The lowest BCUT2D eigenvalue weighted by Gasteiger charge is -2.33. The Kier molecular flexibility index (Phi) is 8.86. The highest BCUT2D eigenvalue weighted by Crippen LogP contribution is 2.15. The van der Waals surface area contributed by atoms with Gasteiger partial charge >= 0.3 is 6.09 Å². The molecule has 0 aliphatic carbocycles. The highest BCUT2D eigenvalue weighted by atomic mass is 16.6. The predicted octanol–water partition coefficient (Wildman–Crippen LogP) is 3.26. The van der Waals surface area contributed by atoms with Crippen LogP contribution in [0, 0.1) is 5.92 Å². The van der Waals surface area contributed by atoms with Crippen LogP contribution in [-0.2, 0) is 9.47 Å². The lowest BCUT2D eigenvalue weighted by molar-refractivity contribution is -0.0739. The first kappa shape index (κ1) is 16.2. The van der Waals surface area contributed by atoms with E-state index in [1.165, 1.54) is 0 Å². The maximum absolute atomic E-state index is 11.9. The van der Waals surface area contributed by atoms with E-state index < -0.39 is 0 Å². The van der Waals surface area contributed by atoms with Crippen LogP contribution in [0.2, 0.25) is 0 Å². The summed E-state index contributed by atoms with van der Waals surface area (Å²) < 4.78 is 10.7. The molecule has 0 rings (SSSR count). The zero-order valence-electron chi connectivity index (χ0n) is 11.9. The first-order valence-corrected chi connectivity index (χ1v) is 6.63. The third kappa shape index (κ3) is 5.91. The molecule has 1 atom stereocenters. The second kappa shape index (κ2) is 9.28. The Hall–Kier alpha value is -0.770. The molecule has 0 aromatic rings. The first-order chi connectivity index (χ1) is 8.08. The Morgan fingerprint density at radius 1 is 1.18 bits per heavy atom. The zero-order valence-corrected chi connectivity index (χ0v) is 11.9. The van der Waals surface area contributed by atoms with Crippen LogP contribution < -0.4 is 0 Å². The van der Waals surface area contributed by atoms with Crippen LogP contribution >= 0.6 is 0 Å². The van der Waals surface area contributed by atoms with Crippen molar-refractivity contribution in [3.05, 3.63) is 0 Å². The van der Waals surface area contributed by atoms with Gasteiger partial charge in [-0.1, -0.05) is 27.2 Å². The van der Waals surface area contributed by atoms with Gasteiger partial charge in [0, 0.05) is 13.2 Å². The largest absolute Gasteiger partial charge is 0.450 e. The van der Waals surface area contributed by atoms with Crippen molar-refractivity contribution in [3.8, 4) is 0 Å². The van der Waals surface area contributed by atoms with E-state index in [1.54, 1.807) is 4.90 Å². The van der Waals surface area contributed by atoms with Crippen molar-refractivity contribution in [2.24, 2.45) is 5.92 Å². The molecule has 102 valence electrons. The van der Waals surface area contributed by atoms with Gasteiger partial charge in [-0.15, -0.1) is 0 Å².